The Labute approximate surface area is 184 Å². The summed E-state index contributed by atoms with van der Waals surface area (Å²) in [5, 5.41) is 0. The Morgan fingerprint density at radius 3 is 0.821 bits per heavy atom. The summed E-state index contributed by atoms with van der Waals surface area (Å²) < 4.78 is 0. The first kappa shape index (κ1) is 21.9. The lowest BCUT2D eigenvalue weighted by molar-refractivity contribution is -0.115. The van der Waals surface area contributed by atoms with Gasteiger partial charge in [-0.15, -0.1) is 47.0 Å². The van der Waals surface area contributed by atoms with Crippen LogP contribution in [0.15, 0.2) is 48.5 Å². The number of rotatable bonds is 0. The maximum absolute atomic E-state index is 12.1. The highest BCUT2D eigenvalue weighted by Crippen LogP contribution is 2.20. The third kappa shape index (κ3) is 7.90. The average molecular weight is 449 g/mol. The molecule has 0 N–H and O–H groups in total. The van der Waals surface area contributed by atoms with E-state index in [9.17, 15) is 9.59 Å². The predicted octanol–water partition coefficient (Wildman–Crippen LogP) is 5.47. The van der Waals surface area contributed by atoms with E-state index >= 15 is 0 Å². The van der Waals surface area contributed by atoms with Crippen molar-refractivity contribution in [2.24, 2.45) is 0 Å². The highest BCUT2D eigenvalue weighted by Gasteiger charge is 2.07. The van der Waals surface area contributed by atoms with Gasteiger partial charge < -0.3 is 0 Å². The molecule has 4 bridgehead atoms. The van der Waals surface area contributed by atoms with Gasteiger partial charge in [0, 0.05) is 23.0 Å². The lowest BCUT2D eigenvalue weighted by atomic mass is 10.2. The number of carbonyl (C=O) groups excluding carboxylic acids is 2. The lowest BCUT2D eigenvalue weighted by Crippen LogP contribution is -2.06. The number of thioether (sulfide) groups is 4. The molecule has 0 saturated heterocycles. The summed E-state index contributed by atoms with van der Waals surface area (Å²) >= 11 is 6.74. The lowest BCUT2D eigenvalue weighted by Gasteiger charge is -2.07. The monoisotopic (exact) mass is 448 g/mol. The van der Waals surface area contributed by atoms with E-state index in [0.29, 0.717) is 34.6 Å². The first-order valence-electron chi connectivity index (χ1n) is 9.19. The minimum atomic E-state index is 0.308. The molecule has 0 aliphatic carbocycles. The van der Waals surface area contributed by atoms with E-state index in [1.54, 1.807) is 47.0 Å². The second kappa shape index (κ2) is 12.0. The van der Waals surface area contributed by atoms with Crippen LogP contribution in [-0.2, 0) is 32.6 Å². The molecule has 0 radical (unpaired) electrons. The Hall–Kier alpha value is -0.820. The van der Waals surface area contributed by atoms with Gasteiger partial charge in [0.1, 0.15) is 0 Å². The molecule has 4 aliphatic heterocycles. The molecule has 2 nitrogen and oxygen atoms in total. The van der Waals surface area contributed by atoms with Crippen LogP contribution in [0.2, 0.25) is 0 Å². The standard InChI is InChI=1S/C22H24O2S4/c23-21-13-25-9-17-1-2-18(4-3-17)10-26-14-22(24)16-28-12-20-7-5-19(6-8-20)11-27-15-21/h1-8H,9-16H2. The van der Waals surface area contributed by atoms with Gasteiger partial charge >= 0.3 is 0 Å². The summed E-state index contributed by atoms with van der Waals surface area (Å²) in [6.07, 6.45) is 0. The average Bonchev–Trinajstić information content (AvgIpc) is 2.70. The van der Waals surface area contributed by atoms with Crippen LogP contribution in [0, 0.1) is 0 Å². The van der Waals surface area contributed by atoms with Gasteiger partial charge in [-0.25, -0.2) is 0 Å². The minimum Gasteiger partial charge on any atom is -0.298 e. The van der Waals surface area contributed by atoms with Crippen LogP contribution in [0.5, 0.6) is 0 Å². The van der Waals surface area contributed by atoms with E-state index in [4.69, 9.17) is 0 Å². The van der Waals surface area contributed by atoms with Crippen LogP contribution < -0.4 is 0 Å². The van der Waals surface area contributed by atoms with Gasteiger partial charge in [-0.3, -0.25) is 9.59 Å². The smallest absolute Gasteiger partial charge is 0.152 e. The molecule has 0 atom stereocenters. The molecule has 0 saturated carbocycles. The zero-order chi connectivity index (χ0) is 19.6. The number of hydrogen-bond donors (Lipinski definition) is 0. The van der Waals surface area contributed by atoms with Crippen LogP contribution in [0.1, 0.15) is 22.3 Å². The molecule has 0 fully saturated rings. The zero-order valence-corrected chi connectivity index (χ0v) is 19.0. The van der Waals surface area contributed by atoms with Crippen molar-refractivity contribution < 1.29 is 9.59 Å². The van der Waals surface area contributed by atoms with Crippen LogP contribution in [0.4, 0.5) is 0 Å². The summed E-state index contributed by atoms with van der Waals surface area (Å²) in [6, 6.07) is 17.1. The van der Waals surface area contributed by atoms with Gasteiger partial charge in [0.25, 0.3) is 0 Å². The van der Waals surface area contributed by atoms with Crippen molar-refractivity contribution in [3.63, 3.8) is 0 Å². The van der Waals surface area contributed by atoms with Gasteiger partial charge in [-0.05, 0) is 22.3 Å². The van der Waals surface area contributed by atoms with Crippen molar-refractivity contribution in [2.45, 2.75) is 23.0 Å². The molecule has 0 spiro atoms. The molecule has 2 aromatic rings. The van der Waals surface area contributed by atoms with Crippen molar-refractivity contribution in [1.82, 2.24) is 0 Å². The third-order valence-corrected chi connectivity index (χ3v) is 8.43. The molecule has 0 unspecified atom stereocenters. The number of Topliss-reactive ketones (excluding diaryl/α,β-unsaturated/α-hetero) is 2. The Bertz CT molecular complexity index is 643. The normalized spacial score (nSPS) is 17.9. The first-order valence-corrected chi connectivity index (χ1v) is 13.8. The summed E-state index contributed by atoms with van der Waals surface area (Å²) in [6.45, 7) is 0. The molecule has 6 heteroatoms. The molecule has 6 rings (SSSR count). The van der Waals surface area contributed by atoms with Gasteiger partial charge in [-0.1, -0.05) is 48.5 Å². The highest BCUT2D eigenvalue weighted by molar-refractivity contribution is 8.01. The Balaban J connectivity index is 1.58. The fourth-order valence-corrected chi connectivity index (χ4v) is 6.38. The first-order chi connectivity index (χ1) is 13.7. The van der Waals surface area contributed by atoms with Crippen LogP contribution >= 0.6 is 47.0 Å². The van der Waals surface area contributed by atoms with Crippen molar-refractivity contribution in [2.75, 3.05) is 23.0 Å². The Kier molecular flexibility index (Phi) is 9.38. The maximum atomic E-state index is 12.1. The Morgan fingerprint density at radius 1 is 0.393 bits per heavy atom. The van der Waals surface area contributed by atoms with E-state index in [2.05, 4.69) is 48.5 Å². The molecule has 28 heavy (non-hydrogen) atoms. The fraction of sp³-hybridized carbons (Fsp3) is 0.364. The zero-order valence-electron chi connectivity index (χ0n) is 15.7. The molecule has 0 aromatic heterocycles. The van der Waals surface area contributed by atoms with Crippen molar-refractivity contribution in [3.05, 3.63) is 70.8 Å². The van der Waals surface area contributed by atoms with E-state index in [-0.39, 0.29) is 0 Å². The maximum Gasteiger partial charge on any atom is 0.152 e. The van der Waals surface area contributed by atoms with Crippen molar-refractivity contribution >= 4 is 58.6 Å². The number of hydrogen-bond acceptors (Lipinski definition) is 6. The van der Waals surface area contributed by atoms with Gasteiger partial charge in [0.05, 0.1) is 23.0 Å². The summed E-state index contributed by atoms with van der Waals surface area (Å²) in [5.41, 5.74) is 4.98. The Morgan fingerprint density at radius 2 is 0.607 bits per heavy atom. The highest BCUT2D eigenvalue weighted by atomic mass is 32.2. The molecule has 0 amide bonds. The van der Waals surface area contributed by atoms with Gasteiger partial charge in [0.2, 0.25) is 0 Å². The van der Waals surface area contributed by atoms with Crippen LogP contribution in [-0.4, -0.2) is 34.6 Å². The topological polar surface area (TPSA) is 34.1 Å². The third-order valence-electron chi connectivity index (χ3n) is 4.17. The molecule has 4 heterocycles. The number of benzene rings is 2. The largest absolute Gasteiger partial charge is 0.298 e. The molecular formula is C22H24O2S4. The van der Waals surface area contributed by atoms with Crippen molar-refractivity contribution in [1.29, 1.82) is 0 Å². The SMILES string of the molecule is O=C1CSCc2ccc(cc2)CSCC(=O)CSCc2ccc(cc2)CSC1. The summed E-state index contributed by atoms with van der Waals surface area (Å²) in [5.74, 6) is 6.35. The van der Waals surface area contributed by atoms with E-state index in [0.717, 1.165) is 23.0 Å². The molecular weight excluding hydrogens is 425 g/mol. The second-order valence-corrected chi connectivity index (χ2v) is 10.6. The van der Waals surface area contributed by atoms with E-state index in [1.807, 2.05) is 0 Å². The van der Waals surface area contributed by atoms with Gasteiger partial charge in [-0.2, -0.15) is 0 Å². The molecule has 4 aliphatic rings. The predicted molar refractivity (Wildman–Crippen MR) is 128 cm³/mol. The molecule has 2 aromatic carbocycles. The molecule has 148 valence electrons. The summed E-state index contributed by atoms with van der Waals surface area (Å²) in [4.78, 5) is 24.2. The van der Waals surface area contributed by atoms with Gasteiger partial charge in [0.15, 0.2) is 11.6 Å². The fourth-order valence-electron chi connectivity index (χ4n) is 2.68. The van der Waals surface area contributed by atoms with E-state index < -0.39 is 0 Å². The van der Waals surface area contributed by atoms with E-state index in [1.165, 1.54) is 22.3 Å². The minimum absolute atomic E-state index is 0.308. The number of carbonyl (C=O) groups is 2. The van der Waals surface area contributed by atoms with Crippen LogP contribution in [0.3, 0.4) is 0 Å². The van der Waals surface area contributed by atoms with Crippen LogP contribution in [0.25, 0.3) is 0 Å². The second-order valence-electron chi connectivity index (χ2n) is 6.68. The number of ketones is 2. The summed E-state index contributed by atoms with van der Waals surface area (Å²) in [7, 11) is 0. The quantitative estimate of drug-likeness (QED) is 0.531. The van der Waals surface area contributed by atoms with Crippen molar-refractivity contribution in [3.8, 4) is 0 Å².